The van der Waals surface area contributed by atoms with Gasteiger partial charge in [-0.15, -0.1) is 0 Å². The van der Waals surface area contributed by atoms with E-state index in [4.69, 9.17) is 0 Å². The lowest BCUT2D eigenvalue weighted by Crippen LogP contribution is -2.52. The van der Waals surface area contributed by atoms with E-state index < -0.39 is 0 Å². The van der Waals surface area contributed by atoms with Crippen molar-refractivity contribution in [2.75, 3.05) is 32.7 Å². The van der Waals surface area contributed by atoms with Gasteiger partial charge in [0.25, 0.3) is 5.91 Å². The van der Waals surface area contributed by atoms with Crippen LogP contribution in [0.3, 0.4) is 0 Å². The molecule has 0 spiro atoms. The summed E-state index contributed by atoms with van der Waals surface area (Å²) in [6, 6.07) is 5.47. The Morgan fingerprint density at radius 2 is 1.61 bits per heavy atom. The lowest BCUT2D eigenvalue weighted by molar-refractivity contribution is -0.137. The molecule has 0 saturated carbocycles. The summed E-state index contributed by atoms with van der Waals surface area (Å²) in [6.07, 6.45) is 0. The molecule has 1 heterocycles. The lowest BCUT2D eigenvalue weighted by atomic mass is 10.1. The van der Waals surface area contributed by atoms with Crippen LogP contribution in [0.4, 0.5) is 0 Å². The zero-order valence-corrected chi connectivity index (χ0v) is 13.9. The summed E-state index contributed by atoms with van der Waals surface area (Å²) in [4.78, 5) is 38.9. The first-order chi connectivity index (χ1) is 10.9. The Balaban J connectivity index is 1.83. The van der Waals surface area contributed by atoms with Crippen LogP contribution in [0.2, 0.25) is 0 Å². The molecule has 1 aromatic rings. The number of hydrogen-bond acceptors (Lipinski definition) is 3. The van der Waals surface area contributed by atoms with Crippen molar-refractivity contribution in [1.29, 1.82) is 0 Å². The fourth-order valence-electron chi connectivity index (χ4n) is 2.52. The molecule has 1 saturated heterocycles. The summed E-state index contributed by atoms with van der Waals surface area (Å²) >= 11 is 0. The van der Waals surface area contributed by atoms with Crippen LogP contribution in [-0.2, 0) is 9.59 Å². The van der Waals surface area contributed by atoms with E-state index in [9.17, 15) is 14.4 Å². The van der Waals surface area contributed by atoms with E-state index in [2.05, 4.69) is 5.32 Å². The largest absolute Gasteiger partial charge is 0.343 e. The maximum atomic E-state index is 12.1. The maximum absolute atomic E-state index is 12.1. The van der Waals surface area contributed by atoms with Crippen LogP contribution in [0.15, 0.2) is 18.2 Å². The predicted octanol–water partition coefficient (Wildman–Crippen LogP) is 0.724. The summed E-state index contributed by atoms with van der Waals surface area (Å²) < 4.78 is 0. The highest BCUT2D eigenvalue weighted by Crippen LogP contribution is 2.09. The van der Waals surface area contributed by atoms with Gasteiger partial charge in [-0.2, -0.15) is 0 Å². The SMILES string of the molecule is CC(=O)N1CCN(C(=O)CNC(=O)c2ccc(C)c(C)c2)CC1. The number of aryl methyl sites for hydroxylation is 2. The van der Waals surface area contributed by atoms with Gasteiger partial charge in [0, 0.05) is 38.7 Å². The molecule has 1 fully saturated rings. The van der Waals surface area contributed by atoms with Gasteiger partial charge in [0.1, 0.15) is 0 Å². The molecule has 0 radical (unpaired) electrons. The van der Waals surface area contributed by atoms with E-state index in [1.54, 1.807) is 15.9 Å². The fraction of sp³-hybridized carbons (Fsp3) is 0.471. The number of carbonyl (C=O) groups is 3. The van der Waals surface area contributed by atoms with Crippen molar-refractivity contribution in [3.8, 4) is 0 Å². The summed E-state index contributed by atoms with van der Waals surface area (Å²) in [5.41, 5.74) is 2.73. The van der Waals surface area contributed by atoms with Gasteiger partial charge in [0.2, 0.25) is 11.8 Å². The molecule has 1 aliphatic rings. The minimum Gasteiger partial charge on any atom is -0.343 e. The minimum absolute atomic E-state index is 0.0220. The third-order valence-electron chi connectivity index (χ3n) is 4.25. The number of carbonyl (C=O) groups excluding carboxylic acids is 3. The molecule has 0 aromatic heterocycles. The Kier molecular flexibility index (Phi) is 5.36. The molecule has 0 atom stereocenters. The molecule has 124 valence electrons. The number of benzene rings is 1. The van der Waals surface area contributed by atoms with Gasteiger partial charge in [-0.05, 0) is 37.1 Å². The standard InChI is InChI=1S/C17H23N3O3/c1-12-4-5-15(10-13(12)2)17(23)18-11-16(22)20-8-6-19(7-9-20)14(3)21/h4-5,10H,6-9,11H2,1-3H3,(H,18,23). The second-order valence-corrected chi connectivity index (χ2v) is 5.87. The van der Waals surface area contributed by atoms with Crippen LogP contribution in [0.5, 0.6) is 0 Å². The first-order valence-electron chi connectivity index (χ1n) is 7.77. The quantitative estimate of drug-likeness (QED) is 0.893. The third kappa shape index (κ3) is 4.31. The van der Waals surface area contributed by atoms with Crippen LogP contribution < -0.4 is 5.32 Å². The first kappa shape index (κ1) is 17.0. The number of rotatable bonds is 3. The zero-order valence-electron chi connectivity index (χ0n) is 13.9. The Morgan fingerprint density at radius 3 is 2.17 bits per heavy atom. The molecule has 0 aliphatic carbocycles. The van der Waals surface area contributed by atoms with E-state index in [-0.39, 0.29) is 24.3 Å². The molecule has 3 amide bonds. The average molecular weight is 317 g/mol. The van der Waals surface area contributed by atoms with E-state index in [0.717, 1.165) is 11.1 Å². The molecule has 6 heteroatoms. The highest BCUT2D eigenvalue weighted by molar-refractivity contribution is 5.96. The lowest BCUT2D eigenvalue weighted by Gasteiger charge is -2.34. The second-order valence-electron chi connectivity index (χ2n) is 5.87. The first-order valence-corrected chi connectivity index (χ1v) is 7.77. The molecule has 1 aromatic carbocycles. The maximum Gasteiger partial charge on any atom is 0.251 e. The topological polar surface area (TPSA) is 69.7 Å². The highest BCUT2D eigenvalue weighted by atomic mass is 16.2. The van der Waals surface area contributed by atoms with Crippen molar-refractivity contribution >= 4 is 17.7 Å². The molecule has 0 unspecified atom stereocenters. The molecule has 1 N–H and O–H groups in total. The van der Waals surface area contributed by atoms with Crippen molar-refractivity contribution in [2.24, 2.45) is 0 Å². The highest BCUT2D eigenvalue weighted by Gasteiger charge is 2.22. The number of hydrogen-bond donors (Lipinski definition) is 1. The van der Waals surface area contributed by atoms with Crippen molar-refractivity contribution in [1.82, 2.24) is 15.1 Å². The molecular formula is C17H23N3O3. The van der Waals surface area contributed by atoms with Gasteiger partial charge >= 0.3 is 0 Å². The van der Waals surface area contributed by atoms with Crippen LogP contribution in [0, 0.1) is 13.8 Å². The van der Waals surface area contributed by atoms with Crippen LogP contribution >= 0.6 is 0 Å². The third-order valence-corrected chi connectivity index (χ3v) is 4.25. The van der Waals surface area contributed by atoms with Gasteiger partial charge in [0.15, 0.2) is 0 Å². The van der Waals surface area contributed by atoms with Crippen molar-refractivity contribution in [3.63, 3.8) is 0 Å². The van der Waals surface area contributed by atoms with Gasteiger partial charge in [-0.25, -0.2) is 0 Å². The molecule has 2 rings (SSSR count). The van der Waals surface area contributed by atoms with Gasteiger partial charge < -0.3 is 15.1 Å². The molecule has 0 bridgehead atoms. The summed E-state index contributed by atoms with van der Waals surface area (Å²) in [7, 11) is 0. The number of piperazine rings is 1. The van der Waals surface area contributed by atoms with Gasteiger partial charge in [0.05, 0.1) is 6.54 Å². The predicted molar refractivity (Wildman–Crippen MR) is 87.1 cm³/mol. The van der Waals surface area contributed by atoms with Crippen LogP contribution in [-0.4, -0.2) is 60.2 Å². The molecule has 6 nitrogen and oxygen atoms in total. The van der Waals surface area contributed by atoms with Gasteiger partial charge in [-0.3, -0.25) is 14.4 Å². The number of nitrogens with one attached hydrogen (secondary N) is 1. The Bertz CT molecular complexity index is 620. The number of nitrogens with zero attached hydrogens (tertiary/aromatic N) is 2. The van der Waals surface area contributed by atoms with Crippen LogP contribution in [0.1, 0.15) is 28.4 Å². The molecular weight excluding hydrogens is 294 g/mol. The Hall–Kier alpha value is -2.37. The normalized spacial score (nSPS) is 14.6. The van der Waals surface area contributed by atoms with Gasteiger partial charge in [-0.1, -0.05) is 6.07 Å². The van der Waals surface area contributed by atoms with E-state index in [0.29, 0.717) is 31.7 Å². The smallest absolute Gasteiger partial charge is 0.251 e. The number of amides is 3. The second kappa shape index (κ2) is 7.26. The van der Waals surface area contributed by atoms with E-state index in [1.807, 2.05) is 26.0 Å². The Labute approximate surface area is 136 Å². The summed E-state index contributed by atoms with van der Waals surface area (Å²) in [5.74, 6) is -0.339. The fourth-order valence-corrected chi connectivity index (χ4v) is 2.52. The molecule has 23 heavy (non-hydrogen) atoms. The molecule has 1 aliphatic heterocycles. The van der Waals surface area contributed by atoms with E-state index >= 15 is 0 Å². The average Bonchev–Trinajstić information content (AvgIpc) is 2.54. The Morgan fingerprint density at radius 1 is 1.00 bits per heavy atom. The van der Waals surface area contributed by atoms with Crippen molar-refractivity contribution in [3.05, 3.63) is 34.9 Å². The monoisotopic (exact) mass is 317 g/mol. The van der Waals surface area contributed by atoms with Crippen LogP contribution in [0.25, 0.3) is 0 Å². The summed E-state index contributed by atoms with van der Waals surface area (Å²) in [5, 5.41) is 2.67. The zero-order chi connectivity index (χ0) is 17.0. The van der Waals surface area contributed by atoms with Crippen molar-refractivity contribution < 1.29 is 14.4 Å². The van der Waals surface area contributed by atoms with Crippen molar-refractivity contribution in [2.45, 2.75) is 20.8 Å². The minimum atomic E-state index is -0.246. The summed E-state index contributed by atoms with van der Waals surface area (Å²) in [6.45, 7) is 7.56. The van der Waals surface area contributed by atoms with E-state index in [1.165, 1.54) is 6.92 Å².